The summed E-state index contributed by atoms with van der Waals surface area (Å²) < 4.78 is 9.69. The van der Waals surface area contributed by atoms with Crippen molar-refractivity contribution in [1.82, 2.24) is 5.32 Å². The lowest BCUT2D eigenvalue weighted by Crippen LogP contribution is -2.43. The lowest BCUT2D eigenvalue weighted by molar-refractivity contribution is -0.145. The van der Waals surface area contributed by atoms with E-state index < -0.39 is 23.9 Å². The fraction of sp³-hybridized carbons (Fsp3) is 0.250. The number of hydrogen-bond donors (Lipinski definition) is 1. The van der Waals surface area contributed by atoms with E-state index in [1.807, 2.05) is 30.3 Å². The van der Waals surface area contributed by atoms with Crippen molar-refractivity contribution in [3.8, 4) is 0 Å². The third kappa shape index (κ3) is 5.17. The lowest BCUT2D eigenvalue weighted by atomic mass is 10.0. The molecule has 0 fully saturated rings. The molecule has 0 aliphatic heterocycles. The van der Waals surface area contributed by atoms with E-state index in [1.54, 1.807) is 6.92 Å². The first-order chi connectivity index (χ1) is 12.5. The molecule has 0 heterocycles. The molecular weight excluding hydrogens is 334 g/mol. The second-order valence-electron chi connectivity index (χ2n) is 5.54. The normalized spacial score (nSPS) is 11.3. The molecule has 1 atom stereocenters. The van der Waals surface area contributed by atoms with Crippen molar-refractivity contribution in [3.05, 3.63) is 71.3 Å². The van der Waals surface area contributed by atoms with E-state index in [-0.39, 0.29) is 6.61 Å². The Morgan fingerprint density at radius 2 is 1.58 bits per heavy atom. The number of ether oxygens (including phenoxy) is 2. The quantitative estimate of drug-likeness (QED) is 0.771. The molecule has 2 aromatic carbocycles. The van der Waals surface area contributed by atoms with Gasteiger partial charge in [-0.1, -0.05) is 30.3 Å². The van der Waals surface area contributed by atoms with Crippen LogP contribution in [0.5, 0.6) is 0 Å². The van der Waals surface area contributed by atoms with Gasteiger partial charge < -0.3 is 14.8 Å². The molecule has 1 unspecified atom stereocenters. The first-order valence-electron chi connectivity index (χ1n) is 8.25. The Bertz CT molecular complexity index is 756. The van der Waals surface area contributed by atoms with Gasteiger partial charge in [0.05, 0.1) is 19.3 Å². The van der Waals surface area contributed by atoms with Crippen LogP contribution in [0.15, 0.2) is 54.6 Å². The number of methoxy groups -OCH3 is 1. The van der Waals surface area contributed by atoms with Gasteiger partial charge in [0.2, 0.25) is 0 Å². The summed E-state index contributed by atoms with van der Waals surface area (Å²) in [6.07, 6.45) is 0.325. The van der Waals surface area contributed by atoms with E-state index in [4.69, 9.17) is 4.74 Å². The predicted molar refractivity (Wildman–Crippen MR) is 95.8 cm³/mol. The van der Waals surface area contributed by atoms with Crippen LogP contribution in [0.2, 0.25) is 0 Å². The fourth-order valence-electron chi connectivity index (χ4n) is 2.40. The number of amides is 1. The largest absolute Gasteiger partial charge is 0.465 e. The molecule has 2 aromatic rings. The highest BCUT2D eigenvalue weighted by atomic mass is 16.5. The molecule has 136 valence electrons. The number of hydrogen-bond acceptors (Lipinski definition) is 5. The van der Waals surface area contributed by atoms with Gasteiger partial charge in [0.15, 0.2) is 0 Å². The first kappa shape index (κ1) is 19.2. The molecule has 0 radical (unpaired) electrons. The van der Waals surface area contributed by atoms with E-state index in [9.17, 15) is 14.4 Å². The van der Waals surface area contributed by atoms with Gasteiger partial charge in [-0.3, -0.25) is 4.79 Å². The highest BCUT2D eigenvalue weighted by molar-refractivity contribution is 5.98. The molecule has 0 aliphatic carbocycles. The fourth-order valence-corrected chi connectivity index (χ4v) is 2.40. The Balaban J connectivity index is 2.12. The topological polar surface area (TPSA) is 81.7 Å². The second kappa shape index (κ2) is 9.36. The molecule has 0 saturated carbocycles. The van der Waals surface area contributed by atoms with Crippen LogP contribution in [-0.2, 0) is 20.7 Å². The van der Waals surface area contributed by atoms with E-state index >= 15 is 0 Å². The molecule has 0 bridgehead atoms. The summed E-state index contributed by atoms with van der Waals surface area (Å²) in [7, 11) is 1.29. The molecule has 26 heavy (non-hydrogen) atoms. The van der Waals surface area contributed by atoms with Gasteiger partial charge in [0.1, 0.15) is 6.04 Å². The zero-order valence-electron chi connectivity index (χ0n) is 14.7. The maximum absolute atomic E-state index is 12.5. The van der Waals surface area contributed by atoms with Crippen LogP contribution >= 0.6 is 0 Å². The van der Waals surface area contributed by atoms with Crippen molar-refractivity contribution >= 4 is 17.8 Å². The Kier molecular flexibility index (Phi) is 6.91. The van der Waals surface area contributed by atoms with Crippen LogP contribution in [0.1, 0.15) is 33.2 Å². The standard InChI is InChI=1S/C20H21NO5/c1-3-26-20(24)17(13-14-7-5-4-6-8-14)21-18(22)15-9-11-16(12-10-15)19(23)25-2/h4-12,17H,3,13H2,1-2H3,(H,21,22). The number of rotatable bonds is 7. The smallest absolute Gasteiger partial charge is 0.337 e. The Hall–Kier alpha value is -3.15. The Morgan fingerprint density at radius 1 is 0.962 bits per heavy atom. The predicted octanol–water partition coefficient (Wildman–Crippen LogP) is 2.38. The lowest BCUT2D eigenvalue weighted by Gasteiger charge is -2.17. The van der Waals surface area contributed by atoms with Gasteiger partial charge in [-0.2, -0.15) is 0 Å². The molecule has 6 nitrogen and oxygen atoms in total. The van der Waals surface area contributed by atoms with Crippen LogP contribution in [0.25, 0.3) is 0 Å². The SMILES string of the molecule is CCOC(=O)C(Cc1ccccc1)NC(=O)c1ccc(C(=O)OC)cc1. The summed E-state index contributed by atoms with van der Waals surface area (Å²) in [6, 6.07) is 14.6. The molecule has 0 aliphatic rings. The summed E-state index contributed by atoms with van der Waals surface area (Å²) in [5.74, 6) is -1.39. The third-order valence-electron chi connectivity index (χ3n) is 3.73. The Morgan fingerprint density at radius 3 is 2.15 bits per heavy atom. The zero-order chi connectivity index (χ0) is 18.9. The average Bonchev–Trinajstić information content (AvgIpc) is 2.68. The molecule has 1 amide bonds. The number of benzene rings is 2. The second-order valence-corrected chi connectivity index (χ2v) is 5.54. The monoisotopic (exact) mass is 355 g/mol. The van der Waals surface area contributed by atoms with Gasteiger partial charge >= 0.3 is 11.9 Å². The summed E-state index contributed by atoms with van der Waals surface area (Å²) in [6.45, 7) is 1.94. The zero-order valence-corrected chi connectivity index (χ0v) is 14.7. The van der Waals surface area contributed by atoms with E-state index in [0.717, 1.165) is 5.56 Å². The Labute approximate surface area is 152 Å². The van der Waals surface area contributed by atoms with Gasteiger partial charge in [-0.05, 0) is 36.8 Å². The summed E-state index contributed by atoms with van der Waals surface area (Å²) in [4.78, 5) is 36.1. The first-order valence-corrected chi connectivity index (χ1v) is 8.25. The number of carbonyl (C=O) groups excluding carboxylic acids is 3. The minimum Gasteiger partial charge on any atom is -0.465 e. The molecular formula is C20H21NO5. The maximum atomic E-state index is 12.5. The van der Waals surface area contributed by atoms with Crippen molar-refractivity contribution in [2.75, 3.05) is 13.7 Å². The van der Waals surface area contributed by atoms with Crippen molar-refractivity contribution in [3.63, 3.8) is 0 Å². The van der Waals surface area contributed by atoms with Gasteiger partial charge in [-0.15, -0.1) is 0 Å². The summed E-state index contributed by atoms with van der Waals surface area (Å²) >= 11 is 0. The summed E-state index contributed by atoms with van der Waals surface area (Å²) in [5, 5.41) is 2.70. The van der Waals surface area contributed by atoms with Crippen LogP contribution in [0, 0.1) is 0 Å². The summed E-state index contributed by atoms with van der Waals surface area (Å²) in [5.41, 5.74) is 1.59. The average molecular weight is 355 g/mol. The molecule has 6 heteroatoms. The van der Waals surface area contributed by atoms with Crippen LogP contribution < -0.4 is 5.32 Å². The van der Waals surface area contributed by atoms with Crippen LogP contribution in [-0.4, -0.2) is 37.6 Å². The van der Waals surface area contributed by atoms with E-state index in [0.29, 0.717) is 17.5 Å². The van der Waals surface area contributed by atoms with Gasteiger partial charge in [0.25, 0.3) is 5.91 Å². The molecule has 0 saturated heterocycles. The molecule has 0 spiro atoms. The van der Waals surface area contributed by atoms with Crippen molar-refractivity contribution in [1.29, 1.82) is 0 Å². The number of carbonyl (C=O) groups is 3. The van der Waals surface area contributed by atoms with E-state index in [1.165, 1.54) is 31.4 Å². The van der Waals surface area contributed by atoms with Gasteiger partial charge in [-0.25, -0.2) is 9.59 Å². The number of esters is 2. The van der Waals surface area contributed by atoms with Crippen LogP contribution in [0.4, 0.5) is 0 Å². The molecule has 2 rings (SSSR count). The molecule has 0 aromatic heterocycles. The number of nitrogens with one attached hydrogen (secondary N) is 1. The maximum Gasteiger partial charge on any atom is 0.337 e. The van der Waals surface area contributed by atoms with Crippen LogP contribution in [0.3, 0.4) is 0 Å². The van der Waals surface area contributed by atoms with Gasteiger partial charge in [0, 0.05) is 12.0 Å². The van der Waals surface area contributed by atoms with E-state index in [2.05, 4.69) is 10.1 Å². The molecule has 1 N–H and O–H groups in total. The van der Waals surface area contributed by atoms with Crippen molar-refractivity contribution < 1.29 is 23.9 Å². The van der Waals surface area contributed by atoms with Crippen molar-refractivity contribution in [2.24, 2.45) is 0 Å². The van der Waals surface area contributed by atoms with Crippen molar-refractivity contribution in [2.45, 2.75) is 19.4 Å². The third-order valence-corrected chi connectivity index (χ3v) is 3.73. The minimum atomic E-state index is -0.801. The minimum absolute atomic E-state index is 0.230. The highest BCUT2D eigenvalue weighted by Crippen LogP contribution is 2.09. The highest BCUT2D eigenvalue weighted by Gasteiger charge is 2.23.